The Balaban J connectivity index is 3.03. The van der Waals surface area contributed by atoms with E-state index >= 15 is 0 Å². The van der Waals surface area contributed by atoms with Gasteiger partial charge in [0.15, 0.2) is 0 Å². The molecule has 0 fully saturated rings. The van der Waals surface area contributed by atoms with Crippen molar-refractivity contribution in [1.29, 1.82) is 0 Å². The number of carbonyl (C=O) groups excluding carboxylic acids is 1. The van der Waals surface area contributed by atoms with Gasteiger partial charge in [-0.2, -0.15) is 0 Å². The molecule has 0 saturated carbocycles. The Hall–Kier alpha value is -1.60. The van der Waals surface area contributed by atoms with Crippen LogP contribution in [0.2, 0.25) is 0 Å². The molecule has 0 saturated heterocycles. The van der Waals surface area contributed by atoms with Crippen molar-refractivity contribution in [3.63, 3.8) is 0 Å². The average molecular weight is 243 g/mol. The SMILES string of the molecule is Cc1ccc(S(=O)(=O)NCC(N)=O)c(N)c1. The van der Waals surface area contributed by atoms with Gasteiger partial charge in [-0.05, 0) is 24.6 Å². The quantitative estimate of drug-likeness (QED) is 0.609. The Labute approximate surface area is 93.7 Å². The van der Waals surface area contributed by atoms with E-state index in [-0.39, 0.29) is 10.6 Å². The molecule has 1 aromatic rings. The van der Waals surface area contributed by atoms with Crippen molar-refractivity contribution in [1.82, 2.24) is 4.72 Å². The number of nitrogen functional groups attached to an aromatic ring is 1. The molecular formula is C9H13N3O3S. The third kappa shape index (κ3) is 2.94. The molecule has 1 amide bonds. The highest BCUT2D eigenvalue weighted by atomic mass is 32.2. The number of anilines is 1. The summed E-state index contributed by atoms with van der Waals surface area (Å²) in [5.41, 5.74) is 11.4. The van der Waals surface area contributed by atoms with Gasteiger partial charge >= 0.3 is 0 Å². The molecule has 88 valence electrons. The third-order valence-corrected chi connectivity index (χ3v) is 3.37. The van der Waals surface area contributed by atoms with Gasteiger partial charge in [0, 0.05) is 0 Å². The number of aryl methyl sites for hydroxylation is 1. The monoisotopic (exact) mass is 243 g/mol. The van der Waals surface area contributed by atoms with Gasteiger partial charge in [-0.15, -0.1) is 0 Å². The van der Waals surface area contributed by atoms with Crippen molar-refractivity contribution in [2.24, 2.45) is 5.73 Å². The Morgan fingerprint density at radius 1 is 1.44 bits per heavy atom. The minimum atomic E-state index is -3.78. The Kier molecular flexibility index (Phi) is 3.51. The molecule has 0 spiro atoms. The molecule has 0 aliphatic carbocycles. The molecule has 0 atom stereocenters. The van der Waals surface area contributed by atoms with Crippen LogP contribution in [0.15, 0.2) is 23.1 Å². The van der Waals surface area contributed by atoms with Crippen molar-refractivity contribution in [3.05, 3.63) is 23.8 Å². The van der Waals surface area contributed by atoms with Crippen LogP contribution in [0.25, 0.3) is 0 Å². The molecule has 0 unspecified atom stereocenters. The zero-order valence-corrected chi connectivity index (χ0v) is 9.54. The molecule has 7 heteroatoms. The number of amides is 1. The van der Waals surface area contributed by atoms with Crippen LogP contribution >= 0.6 is 0 Å². The number of hydrogen-bond donors (Lipinski definition) is 3. The first-order chi connectivity index (χ1) is 7.33. The fourth-order valence-electron chi connectivity index (χ4n) is 1.16. The molecule has 6 nitrogen and oxygen atoms in total. The Bertz CT molecular complexity index is 511. The van der Waals surface area contributed by atoms with Crippen LogP contribution < -0.4 is 16.2 Å². The topological polar surface area (TPSA) is 115 Å². The number of nitrogens with two attached hydrogens (primary N) is 2. The van der Waals surface area contributed by atoms with Gasteiger partial charge in [-0.25, -0.2) is 13.1 Å². The summed E-state index contributed by atoms with van der Waals surface area (Å²) in [4.78, 5) is 10.4. The fourth-order valence-corrected chi connectivity index (χ4v) is 2.26. The Morgan fingerprint density at radius 3 is 2.56 bits per heavy atom. The van der Waals surface area contributed by atoms with E-state index in [0.717, 1.165) is 5.56 Å². The molecule has 0 aromatic heterocycles. The van der Waals surface area contributed by atoms with Gasteiger partial charge in [-0.1, -0.05) is 6.07 Å². The van der Waals surface area contributed by atoms with Gasteiger partial charge in [0.1, 0.15) is 4.90 Å². The van der Waals surface area contributed by atoms with Crippen LogP contribution in [0.1, 0.15) is 5.56 Å². The number of sulfonamides is 1. The molecule has 1 rings (SSSR count). The van der Waals surface area contributed by atoms with Gasteiger partial charge in [0.25, 0.3) is 0 Å². The summed E-state index contributed by atoms with van der Waals surface area (Å²) in [6.07, 6.45) is 0. The van der Waals surface area contributed by atoms with E-state index in [0.29, 0.717) is 0 Å². The zero-order valence-electron chi connectivity index (χ0n) is 8.73. The minimum absolute atomic E-state index is 0.0562. The number of hydrogen-bond acceptors (Lipinski definition) is 4. The molecule has 0 heterocycles. The molecular weight excluding hydrogens is 230 g/mol. The van der Waals surface area contributed by atoms with E-state index in [9.17, 15) is 13.2 Å². The Morgan fingerprint density at radius 2 is 2.06 bits per heavy atom. The number of benzene rings is 1. The minimum Gasteiger partial charge on any atom is -0.398 e. The van der Waals surface area contributed by atoms with Crippen molar-refractivity contribution in [2.45, 2.75) is 11.8 Å². The summed E-state index contributed by atoms with van der Waals surface area (Å²) in [6.45, 7) is 1.35. The lowest BCUT2D eigenvalue weighted by molar-refractivity contribution is -0.116. The molecule has 0 radical (unpaired) electrons. The van der Waals surface area contributed by atoms with E-state index in [1.54, 1.807) is 19.1 Å². The zero-order chi connectivity index (χ0) is 12.3. The maximum absolute atomic E-state index is 11.7. The highest BCUT2D eigenvalue weighted by Gasteiger charge is 2.17. The van der Waals surface area contributed by atoms with E-state index in [4.69, 9.17) is 11.5 Å². The van der Waals surface area contributed by atoms with E-state index < -0.39 is 22.5 Å². The summed E-state index contributed by atoms with van der Waals surface area (Å²) in [5.74, 6) is -0.755. The second-order valence-electron chi connectivity index (χ2n) is 3.33. The molecule has 0 aliphatic heterocycles. The summed E-state index contributed by atoms with van der Waals surface area (Å²) in [7, 11) is -3.78. The van der Waals surface area contributed by atoms with Gasteiger partial charge in [0.2, 0.25) is 15.9 Å². The summed E-state index contributed by atoms with van der Waals surface area (Å²) < 4.78 is 25.4. The average Bonchev–Trinajstić information content (AvgIpc) is 2.14. The van der Waals surface area contributed by atoms with Crippen LogP contribution in [0.5, 0.6) is 0 Å². The van der Waals surface area contributed by atoms with Crippen LogP contribution in [0.3, 0.4) is 0 Å². The first kappa shape index (κ1) is 12.5. The van der Waals surface area contributed by atoms with Gasteiger partial charge < -0.3 is 11.5 Å². The fraction of sp³-hybridized carbons (Fsp3) is 0.222. The molecule has 0 bridgehead atoms. The van der Waals surface area contributed by atoms with Crippen molar-refractivity contribution < 1.29 is 13.2 Å². The largest absolute Gasteiger partial charge is 0.398 e. The lowest BCUT2D eigenvalue weighted by atomic mass is 10.2. The maximum Gasteiger partial charge on any atom is 0.243 e. The van der Waals surface area contributed by atoms with E-state index in [2.05, 4.69) is 4.72 Å². The van der Waals surface area contributed by atoms with Crippen molar-refractivity contribution in [2.75, 3.05) is 12.3 Å². The normalized spacial score (nSPS) is 11.3. The van der Waals surface area contributed by atoms with Crippen LogP contribution in [-0.2, 0) is 14.8 Å². The lowest BCUT2D eigenvalue weighted by Gasteiger charge is -2.08. The first-order valence-corrected chi connectivity index (χ1v) is 5.95. The lowest BCUT2D eigenvalue weighted by Crippen LogP contribution is -2.33. The van der Waals surface area contributed by atoms with Crippen LogP contribution in [0.4, 0.5) is 5.69 Å². The van der Waals surface area contributed by atoms with Crippen molar-refractivity contribution in [3.8, 4) is 0 Å². The van der Waals surface area contributed by atoms with Crippen molar-refractivity contribution >= 4 is 21.6 Å². The second kappa shape index (κ2) is 4.50. The van der Waals surface area contributed by atoms with Gasteiger partial charge in [0.05, 0.1) is 12.2 Å². The number of primary amides is 1. The highest BCUT2D eigenvalue weighted by Crippen LogP contribution is 2.18. The first-order valence-electron chi connectivity index (χ1n) is 4.47. The standard InChI is InChI=1S/C9H13N3O3S/c1-6-2-3-8(7(10)4-6)16(14,15)12-5-9(11)13/h2-4,12H,5,10H2,1H3,(H2,11,13). The predicted molar refractivity (Wildman–Crippen MR) is 60.0 cm³/mol. The molecule has 0 aliphatic rings. The summed E-state index contributed by atoms with van der Waals surface area (Å²) in [6, 6.07) is 4.54. The van der Waals surface area contributed by atoms with Crippen LogP contribution in [0, 0.1) is 6.92 Å². The van der Waals surface area contributed by atoms with E-state index in [1.165, 1.54) is 6.07 Å². The predicted octanol–water partition coefficient (Wildman–Crippen LogP) is -0.659. The number of carbonyl (C=O) groups is 1. The van der Waals surface area contributed by atoms with Crippen LogP contribution in [-0.4, -0.2) is 20.9 Å². The number of rotatable bonds is 4. The van der Waals surface area contributed by atoms with Gasteiger partial charge in [-0.3, -0.25) is 4.79 Å². The smallest absolute Gasteiger partial charge is 0.243 e. The maximum atomic E-state index is 11.7. The van der Waals surface area contributed by atoms with E-state index in [1.807, 2.05) is 0 Å². The number of nitrogens with one attached hydrogen (secondary N) is 1. The second-order valence-corrected chi connectivity index (χ2v) is 5.07. The molecule has 5 N–H and O–H groups in total. The summed E-state index contributed by atoms with van der Waals surface area (Å²) >= 11 is 0. The third-order valence-electron chi connectivity index (χ3n) is 1.89. The summed E-state index contributed by atoms with van der Waals surface area (Å²) in [5, 5.41) is 0. The molecule has 16 heavy (non-hydrogen) atoms. The highest BCUT2D eigenvalue weighted by molar-refractivity contribution is 7.89. The molecule has 1 aromatic carbocycles.